The van der Waals surface area contributed by atoms with E-state index in [1.165, 1.54) is 0 Å². The summed E-state index contributed by atoms with van der Waals surface area (Å²) in [5.41, 5.74) is 1.56. The van der Waals surface area contributed by atoms with Crippen molar-refractivity contribution in [3.63, 3.8) is 0 Å². The van der Waals surface area contributed by atoms with Crippen LogP contribution in [0.2, 0.25) is 0 Å². The lowest BCUT2D eigenvalue weighted by molar-refractivity contribution is 0.0695. The maximum atomic E-state index is 12.4. The van der Waals surface area contributed by atoms with Crippen LogP contribution >= 0.6 is 0 Å². The quantitative estimate of drug-likeness (QED) is 0.861. The second kappa shape index (κ2) is 5.05. The minimum absolute atomic E-state index is 0.0688. The van der Waals surface area contributed by atoms with Crippen LogP contribution < -0.4 is 0 Å². The summed E-state index contributed by atoms with van der Waals surface area (Å²) in [4.78, 5) is 28.1. The van der Waals surface area contributed by atoms with Gasteiger partial charge in [0.1, 0.15) is 5.69 Å². The molecule has 1 atom stereocenters. The number of carboxylic acid groups (broad SMARTS) is 1. The molecule has 1 saturated heterocycles. The highest BCUT2D eigenvalue weighted by atomic mass is 16.5. The Morgan fingerprint density at radius 2 is 2.11 bits per heavy atom. The van der Waals surface area contributed by atoms with Gasteiger partial charge in [0.05, 0.1) is 11.7 Å². The molecule has 1 amide bonds. The minimum atomic E-state index is -1.01. The number of hydrogen-bond donors (Lipinski definition) is 2. The average Bonchev–Trinajstić information content (AvgIpc) is 2.93. The molecule has 1 aromatic heterocycles. The summed E-state index contributed by atoms with van der Waals surface area (Å²) in [5, 5.41) is 9.12. The number of carbonyl (C=O) groups is 2. The van der Waals surface area contributed by atoms with Gasteiger partial charge in [0.15, 0.2) is 0 Å². The second-order valence-electron chi connectivity index (χ2n) is 4.83. The molecule has 6 nitrogen and oxygen atoms in total. The minimum Gasteiger partial charge on any atom is -0.478 e. The SMILES string of the molecule is COC1CCN(C(=O)c2[nH]c(C)c(C(=O)O)c2C)C1. The Morgan fingerprint density at radius 3 is 2.58 bits per heavy atom. The summed E-state index contributed by atoms with van der Waals surface area (Å²) in [6, 6.07) is 0. The molecule has 104 valence electrons. The Kier molecular flexibility index (Phi) is 3.61. The van der Waals surface area contributed by atoms with Gasteiger partial charge in [0, 0.05) is 25.9 Å². The number of carboxylic acids is 1. The van der Waals surface area contributed by atoms with Gasteiger partial charge >= 0.3 is 5.97 Å². The fourth-order valence-electron chi connectivity index (χ4n) is 2.55. The van der Waals surface area contributed by atoms with Crippen LogP contribution in [-0.2, 0) is 4.74 Å². The van der Waals surface area contributed by atoms with Crippen LogP contribution in [0.25, 0.3) is 0 Å². The van der Waals surface area contributed by atoms with Gasteiger partial charge in [-0.15, -0.1) is 0 Å². The highest BCUT2D eigenvalue weighted by molar-refractivity contribution is 6.00. The van der Waals surface area contributed by atoms with Crippen molar-refractivity contribution < 1.29 is 19.4 Å². The Balaban J connectivity index is 2.26. The number of aromatic amines is 1. The van der Waals surface area contributed by atoms with E-state index < -0.39 is 5.97 Å². The summed E-state index contributed by atoms with van der Waals surface area (Å²) in [5.74, 6) is -1.17. The fraction of sp³-hybridized carbons (Fsp3) is 0.538. The lowest BCUT2D eigenvalue weighted by atomic mass is 10.1. The highest BCUT2D eigenvalue weighted by Gasteiger charge is 2.30. The number of carbonyl (C=O) groups excluding carboxylic acids is 1. The molecule has 0 aromatic carbocycles. The van der Waals surface area contributed by atoms with E-state index in [4.69, 9.17) is 9.84 Å². The normalized spacial score (nSPS) is 18.9. The average molecular weight is 266 g/mol. The molecule has 1 aromatic rings. The van der Waals surface area contributed by atoms with E-state index >= 15 is 0 Å². The van der Waals surface area contributed by atoms with E-state index in [1.54, 1.807) is 25.9 Å². The zero-order valence-electron chi connectivity index (χ0n) is 11.3. The standard InChI is InChI=1S/C13H18N2O4/c1-7-10(13(17)18)8(2)14-11(7)12(16)15-5-4-9(6-15)19-3/h9,14H,4-6H2,1-3H3,(H,17,18). The number of amides is 1. The number of aryl methyl sites for hydroxylation is 1. The molecule has 0 bridgehead atoms. The van der Waals surface area contributed by atoms with Gasteiger partial charge in [0.25, 0.3) is 5.91 Å². The van der Waals surface area contributed by atoms with Crippen molar-refractivity contribution in [2.75, 3.05) is 20.2 Å². The van der Waals surface area contributed by atoms with Gasteiger partial charge in [-0.05, 0) is 25.8 Å². The van der Waals surface area contributed by atoms with Gasteiger partial charge in [-0.2, -0.15) is 0 Å². The molecule has 0 spiro atoms. The van der Waals surface area contributed by atoms with Crippen molar-refractivity contribution in [3.8, 4) is 0 Å². The maximum absolute atomic E-state index is 12.4. The summed E-state index contributed by atoms with van der Waals surface area (Å²) in [7, 11) is 1.63. The number of methoxy groups -OCH3 is 1. The number of nitrogens with one attached hydrogen (secondary N) is 1. The molecular formula is C13H18N2O4. The summed E-state index contributed by atoms with van der Waals surface area (Å²) < 4.78 is 5.23. The molecule has 1 unspecified atom stereocenters. The molecule has 2 rings (SSSR count). The number of rotatable bonds is 3. The predicted octanol–water partition coefficient (Wildman–Crippen LogP) is 1.19. The Hall–Kier alpha value is -1.82. The van der Waals surface area contributed by atoms with Crippen LogP contribution in [0.3, 0.4) is 0 Å². The number of aromatic nitrogens is 1. The first-order chi connectivity index (χ1) is 8.95. The molecule has 2 N–H and O–H groups in total. The molecule has 1 aliphatic rings. The maximum Gasteiger partial charge on any atom is 0.337 e. The molecule has 19 heavy (non-hydrogen) atoms. The van der Waals surface area contributed by atoms with Crippen LogP contribution in [0, 0.1) is 13.8 Å². The monoisotopic (exact) mass is 266 g/mol. The van der Waals surface area contributed by atoms with Crippen molar-refractivity contribution in [1.29, 1.82) is 0 Å². The topological polar surface area (TPSA) is 82.6 Å². The Morgan fingerprint density at radius 1 is 1.42 bits per heavy atom. The molecule has 0 aliphatic carbocycles. The van der Waals surface area contributed by atoms with Crippen LogP contribution in [0.15, 0.2) is 0 Å². The zero-order chi connectivity index (χ0) is 14.2. The van der Waals surface area contributed by atoms with Crippen molar-refractivity contribution in [3.05, 3.63) is 22.5 Å². The van der Waals surface area contributed by atoms with E-state index in [-0.39, 0.29) is 17.6 Å². The third-order valence-corrected chi connectivity index (χ3v) is 3.63. The number of nitrogens with zero attached hydrogens (tertiary/aromatic N) is 1. The van der Waals surface area contributed by atoms with Gasteiger partial charge in [-0.1, -0.05) is 0 Å². The first-order valence-electron chi connectivity index (χ1n) is 6.20. The molecule has 0 saturated carbocycles. The molecule has 6 heteroatoms. The lowest BCUT2D eigenvalue weighted by Gasteiger charge is -2.15. The molecular weight excluding hydrogens is 248 g/mol. The number of H-pyrrole nitrogens is 1. The number of likely N-dealkylation sites (tertiary alicyclic amines) is 1. The van der Waals surface area contributed by atoms with Crippen LogP contribution in [-0.4, -0.2) is 53.2 Å². The third kappa shape index (κ3) is 2.35. The van der Waals surface area contributed by atoms with Gasteiger partial charge in [0.2, 0.25) is 0 Å². The Bertz CT molecular complexity index is 521. The molecule has 1 fully saturated rings. The molecule has 2 heterocycles. The molecule has 1 aliphatic heterocycles. The highest BCUT2D eigenvalue weighted by Crippen LogP contribution is 2.21. The number of aromatic carboxylic acids is 1. The predicted molar refractivity (Wildman–Crippen MR) is 68.5 cm³/mol. The largest absolute Gasteiger partial charge is 0.478 e. The number of hydrogen-bond acceptors (Lipinski definition) is 3. The van der Waals surface area contributed by atoms with E-state index in [0.29, 0.717) is 30.0 Å². The zero-order valence-corrected chi connectivity index (χ0v) is 11.3. The Labute approximate surface area is 111 Å². The second-order valence-corrected chi connectivity index (χ2v) is 4.83. The smallest absolute Gasteiger partial charge is 0.337 e. The lowest BCUT2D eigenvalue weighted by Crippen LogP contribution is -2.30. The van der Waals surface area contributed by atoms with Crippen molar-refractivity contribution in [2.45, 2.75) is 26.4 Å². The van der Waals surface area contributed by atoms with Crippen LogP contribution in [0.4, 0.5) is 0 Å². The first kappa shape index (κ1) is 13.6. The van der Waals surface area contributed by atoms with E-state index in [1.807, 2.05) is 0 Å². The van der Waals surface area contributed by atoms with Crippen molar-refractivity contribution in [1.82, 2.24) is 9.88 Å². The first-order valence-corrected chi connectivity index (χ1v) is 6.20. The summed E-state index contributed by atoms with van der Waals surface area (Å²) in [6.07, 6.45) is 0.881. The summed E-state index contributed by atoms with van der Waals surface area (Å²) >= 11 is 0. The van der Waals surface area contributed by atoms with Crippen molar-refractivity contribution in [2.24, 2.45) is 0 Å². The van der Waals surface area contributed by atoms with E-state index in [9.17, 15) is 9.59 Å². The summed E-state index contributed by atoms with van der Waals surface area (Å²) in [6.45, 7) is 4.51. The van der Waals surface area contributed by atoms with Gasteiger partial charge < -0.3 is 19.7 Å². The van der Waals surface area contributed by atoms with Gasteiger partial charge in [-0.25, -0.2) is 4.79 Å². The van der Waals surface area contributed by atoms with Gasteiger partial charge in [-0.3, -0.25) is 4.79 Å². The van der Waals surface area contributed by atoms with E-state index in [2.05, 4.69) is 4.98 Å². The number of ether oxygens (including phenoxy) is 1. The fourth-order valence-corrected chi connectivity index (χ4v) is 2.55. The van der Waals surface area contributed by atoms with Crippen molar-refractivity contribution >= 4 is 11.9 Å². The van der Waals surface area contributed by atoms with E-state index in [0.717, 1.165) is 6.42 Å². The molecule has 0 radical (unpaired) electrons. The van der Waals surface area contributed by atoms with Crippen LogP contribution in [0.1, 0.15) is 38.5 Å². The van der Waals surface area contributed by atoms with Crippen LogP contribution in [0.5, 0.6) is 0 Å². The third-order valence-electron chi connectivity index (χ3n) is 3.63.